The molecule has 0 unspecified atom stereocenters. The lowest BCUT2D eigenvalue weighted by molar-refractivity contribution is -0.0993. The number of rotatable bonds is 6. The number of ether oxygens (including phenoxy) is 3. The van der Waals surface area contributed by atoms with E-state index in [0.29, 0.717) is 25.4 Å². The van der Waals surface area contributed by atoms with Crippen molar-refractivity contribution < 1.29 is 14.2 Å². The molecule has 4 heteroatoms. The summed E-state index contributed by atoms with van der Waals surface area (Å²) in [6, 6.07) is 6.38. The maximum atomic E-state index is 6.38. The average Bonchev–Trinajstić information content (AvgIpc) is 3.45. The van der Waals surface area contributed by atoms with Crippen molar-refractivity contribution in [1.82, 2.24) is 4.90 Å². The van der Waals surface area contributed by atoms with Crippen molar-refractivity contribution in [3.8, 4) is 11.5 Å². The lowest BCUT2D eigenvalue weighted by Crippen LogP contribution is -2.48. The van der Waals surface area contributed by atoms with Gasteiger partial charge in [0, 0.05) is 19.6 Å². The number of fused-ring (bicyclic) bond motifs is 1. The highest BCUT2D eigenvalue weighted by molar-refractivity contribution is 5.43. The van der Waals surface area contributed by atoms with E-state index in [-0.39, 0.29) is 0 Å². The van der Waals surface area contributed by atoms with Gasteiger partial charge in [-0.15, -0.1) is 0 Å². The molecule has 1 aromatic rings. The van der Waals surface area contributed by atoms with E-state index in [1.807, 2.05) is 0 Å². The Balaban J connectivity index is 1.42. The molecular weight excluding hydrogens is 302 g/mol. The summed E-state index contributed by atoms with van der Waals surface area (Å²) in [5, 5.41) is 0. The standard InChI is InChI=1S/C20H29NO3/c1-2-3-4-17-13-21(14-20(24-17)16-6-7-16)12-15-5-8-18-19(11-15)23-10-9-22-18/h5,8,11,16-17,20H,2-4,6-7,9-10,12-14H2,1H3/t17-,20-/m1/s1. The van der Waals surface area contributed by atoms with E-state index in [9.17, 15) is 0 Å². The molecule has 0 radical (unpaired) electrons. The molecule has 1 aromatic carbocycles. The van der Waals surface area contributed by atoms with Gasteiger partial charge in [-0.3, -0.25) is 4.90 Å². The van der Waals surface area contributed by atoms with Gasteiger partial charge in [-0.05, 0) is 42.9 Å². The molecule has 0 N–H and O–H groups in total. The predicted molar refractivity (Wildman–Crippen MR) is 93.6 cm³/mol. The third-order valence-electron chi connectivity index (χ3n) is 5.31. The van der Waals surface area contributed by atoms with Crippen LogP contribution in [0.2, 0.25) is 0 Å². The smallest absolute Gasteiger partial charge is 0.161 e. The van der Waals surface area contributed by atoms with E-state index in [1.165, 1.54) is 37.7 Å². The molecule has 1 saturated carbocycles. The highest BCUT2D eigenvalue weighted by Crippen LogP contribution is 2.38. The summed E-state index contributed by atoms with van der Waals surface area (Å²) >= 11 is 0. The van der Waals surface area contributed by atoms with Crippen LogP contribution in [-0.4, -0.2) is 43.4 Å². The largest absolute Gasteiger partial charge is 0.486 e. The molecule has 1 aliphatic carbocycles. The van der Waals surface area contributed by atoms with Crippen molar-refractivity contribution in [1.29, 1.82) is 0 Å². The molecule has 24 heavy (non-hydrogen) atoms. The Morgan fingerprint density at radius 1 is 1.08 bits per heavy atom. The van der Waals surface area contributed by atoms with E-state index in [4.69, 9.17) is 14.2 Å². The zero-order chi connectivity index (χ0) is 16.4. The average molecular weight is 331 g/mol. The topological polar surface area (TPSA) is 30.9 Å². The van der Waals surface area contributed by atoms with Crippen molar-refractivity contribution >= 4 is 0 Å². The Hall–Kier alpha value is -1.26. The number of morpholine rings is 1. The van der Waals surface area contributed by atoms with Crippen LogP contribution in [0.1, 0.15) is 44.6 Å². The number of hydrogen-bond donors (Lipinski definition) is 0. The first-order valence-corrected chi connectivity index (χ1v) is 9.58. The van der Waals surface area contributed by atoms with Crippen LogP contribution in [0.15, 0.2) is 18.2 Å². The van der Waals surface area contributed by atoms with Crippen LogP contribution in [0.5, 0.6) is 11.5 Å². The fourth-order valence-electron chi connectivity index (χ4n) is 3.84. The molecule has 4 nitrogen and oxygen atoms in total. The van der Waals surface area contributed by atoms with Crippen LogP contribution in [0.4, 0.5) is 0 Å². The van der Waals surface area contributed by atoms with Crippen LogP contribution in [-0.2, 0) is 11.3 Å². The molecule has 0 aromatic heterocycles. The molecular formula is C20H29NO3. The molecule has 3 aliphatic rings. The van der Waals surface area contributed by atoms with Crippen LogP contribution < -0.4 is 9.47 Å². The zero-order valence-corrected chi connectivity index (χ0v) is 14.7. The summed E-state index contributed by atoms with van der Waals surface area (Å²) in [6.45, 7) is 6.66. The van der Waals surface area contributed by atoms with Gasteiger partial charge < -0.3 is 14.2 Å². The number of benzene rings is 1. The van der Waals surface area contributed by atoms with E-state index in [2.05, 4.69) is 30.0 Å². The number of unbranched alkanes of at least 4 members (excludes halogenated alkanes) is 1. The van der Waals surface area contributed by atoms with E-state index in [0.717, 1.165) is 37.1 Å². The van der Waals surface area contributed by atoms with Crippen LogP contribution in [0, 0.1) is 5.92 Å². The lowest BCUT2D eigenvalue weighted by Gasteiger charge is -2.38. The van der Waals surface area contributed by atoms with Crippen molar-refractivity contribution in [2.45, 2.75) is 57.8 Å². The van der Waals surface area contributed by atoms with Gasteiger partial charge in [-0.2, -0.15) is 0 Å². The van der Waals surface area contributed by atoms with Gasteiger partial charge in [0.2, 0.25) is 0 Å². The lowest BCUT2D eigenvalue weighted by atomic mass is 10.1. The molecule has 0 amide bonds. The third kappa shape index (κ3) is 3.86. The Kier molecular flexibility index (Phi) is 4.95. The number of nitrogens with zero attached hydrogens (tertiary/aromatic N) is 1. The Labute approximate surface area is 145 Å². The maximum absolute atomic E-state index is 6.38. The minimum absolute atomic E-state index is 0.404. The van der Waals surface area contributed by atoms with Gasteiger partial charge in [0.1, 0.15) is 13.2 Å². The first-order chi connectivity index (χ1) is 11.8. The van der Waals surface area contributed by atoms with Crippen molar-refractivity contribution in [3.63, 3.8) is 0 Å². The summed E-state index contributed by atoms with van der Waals surface area (Å²) in [4.78, 5) is 2.58. The summed E-state index contributed by atoms with van der Waals surface area (Å²) in [6.07, 6.45) is 7.25. The zero-order valence-electron chi connectivity index (χ0n) is 14.7. The predicted octanol–water partition coefficient (Wildman–Crippen LogP) is 3.63. The van der Waals surface area contributed by atoms with Gasteiger partial charge in [0.25, 0.3) is 0 Å². The fourth-order valence-corrected chi connectivity index (χ4v) is 3.84. The molecule has 4 rings (SSSR count). The fraction of sp³-hybridized carbons (Fsp3) is 0.700. The summed E-state index contributed by atoms with van der Waals surface area (Å²) in [7, 11) is 0. The minimum Gasteiger partial charge on any atom is -0.486 e. The van der Waals surface area contributed by atoms with Gasteiger partial charge in [0.05, 0.1) is 12.2 Å². The quantitative estimate of drug-likeness (QED) is 0.796. The Bertz CT molecular complexity index is 558. The van der Waals surface area contributed by atoms with E-state index < -0.39 is 0 Å². The molecule has 0 spiro atoms. The summed E-state index contributed by atoms with van der Waals surface area (Å²) in [5.74, 6) is 2.58. The highest BCUT2D eigenvalue weighted by Gasteiger charge is 2.38. The summed E-state index contributed by atoms with van der Waals surface area (Å²) < 4.78 is 17.7. The van der Waals surface area contributed by atoms with Crippen molar-refractivity contribution in [3.05, 3.63) is 23.8 Å². The van der Waals surface area contributed by atoms with Crippen molar-refractivity contribution in [2.24, 2.45) is 5.92 Å². The molecule has 2 fully saturated rings. The molecule has 1 saturated heterocycles. The monoisotopic (exact) mass is 331 g/mol. The van der Waals surface area contributed by atoms with Gasteiger partial charge in [0.15, 0.2) is 11.5 Å². The molecule has 2 aliphatic heterocycles. The third-order valence-corrected chi connectivity index (χ3v) is 5.31. The molecule has 0 bridgehead atoms. The molecule has 2 atom stereocenters. The first-order valence-electron chi connectivity index (χ1n) is 9.58. The maximum Gasteiger partial charge on any atom is 0.161 e. The second-order valence-electron chi connectivity index (χ2n) is 7.45. The normalized spacial score (nSPS) is 27.2. The first kappa shape index (κ1) is 16.2. The highest BCUT2D eigenvalue weighted by atomic mass is 16.6. The molecule has 132 valence electrons. The van der Waals surface area contributed by atoms with E-state index in [1.54, 1.807) is 0 Å². The van der Waals surface area contributed by atoms with E-state index >= 15 is 0 Å². The van der Waals surface area contributed by atoms with Crippen molar-refractivity contribution in [2.75, 3.05) is 26.3 Å². The van der Waals surface area contributed by atoms with Crippen LogP contribution >= 0.6 is 0 Å². The SMILES string of the molecule is CCCC[C@@H]1CN(Cc2ccc3c(c2)OCCO3)C[C@H](C2CC2)O1. The van der Waals surface area contributed by atoms with Gasteiger partial charge >= 0.3 is 0 Å². The van der Waals surface area contributed by atoms with Crippen LogP contribution in [0.3, 0.4) is 0 Å². The van der Waals surface area contributed by atoms with Gasteiger partial charge in [-0.1, -0.05) is 25.8 Å². The summed E-state index contributed by atoms with van der Waals surface area (Å²) in [5.41, 5.74) is 1.31. The molecule has 2 heterocycles. The Morgan fingerprint density at radius 3 is 2.71 bits per heavy atom. The van der Waals surface area contributed by atoms with Gasteiger partial charge in [-0.25, -0.2) is 0 Å². The second kappa shape index (κ2) is 7.32. The second-order valence-corrected chi connectivity index (χ2v) is 7.45. The van der Waals surface area contributed by atoms with Crippen LogP contribution in [0.25, 0.3) is 0 Å². The Morgan fingerprint density at radius 2 is 1.92 bits per heavy atom. The minimum atomic E-state index is 0.404. The number of hydrogen-bond acceptors (Lipinski definition) is 4.